The summed E-state index contributed by atoms with van der Waals surface area (Å²) in [6.45, 7) is 6.89. The Morgan fingerprint density at radius 1 is 1.24 bits per heavy atom. The first-order valence-corrected chi connectivity index (χ1v) is 13.5. The first-order valence-electron chi connectivity index (χ1n) is 13.5. The smallest absolute Gasteiger partial charge is 0.317 e. The second kappa shape index (κ2) is 10.6. The molecule has 0 radical (unpaired) electrons. The molecular weight excluding hydrogens is 477 g/mol. The van der Waals surface area contributed by atoms with Gasteiger partial charge in [0, 0.05) is 33.5 Å². The maximum absolute atomic E-state index is 16.2. The number of aromatic nitrogens is 3. The number of rotatable bonds is 7. The number of fused-ring (bicyclic) bond motifs is 2. The fraction of sp³-hybridized carbons (Fsp3) is 0.406. The highest BCUT2D eigenvalue weighted by Crippen LogP contribution is 2.45. The molecule has 1 aliphatic carbocycles. The second-order valence-electron chi connectivity index (χ2n) is 10.7. The van der Waals surface area contributed by atoms with Crippen LogP contribution in [0, 0.1) is 36.4 Å². The average molecular weight is 512 g/mol. The molecule has 1 saturated carbocycles. The summed E-state index contributed by atoms with van der Waals surface area (Å²) in [5.74, 6) is 2.63. The van der Waals surface area contributed by atoms with Gasteiger partial charge in [0.1, 0.15) is 17.0 Å². The molecular formula is C32H34FN3O2. The van der Waals surface area contributed by atoms with Crippen LogP contribution in [0.4, 0.5) is 4.39 Å². The van der Waals surface area contributed by atoms with Crippen LogP contribution in [-0.4, -0.2) is 26.7 Å². The topological polar surface area (TPSA) is 68.1 Å². The number of ether oxygens (including phenoxy) is 1. The lowest BCUT2D eigenvalue weighted by Gasteiger charge is -2.42. The van der Waals surface area contributed by atoms with Crippen LogP contribution in [-0.2, 0) is 0 Å². The Bertz CT molecular complexity index is 1540. The summed E-state index contributed by atoms with van der Waals surface area (Å²) in [4.78, 5) is 13.5. The van der Waals surface area contributed by atoms with Crippen molar-refractivity contribution in [3.63, 3.8) is 0 Å². The molecule has 1 fully saturated rings. The van der Waals surface area contributed by atoms with Crippen LogP contribution in [0.3, 0.4) is 0 Å². The van der Waals surface area contributed by atoms with Crippen molar-refractivity contribution in [3.8, 4) is 35.4 Å². The quantitative estimate of drug-likeness (QED) is 0.257. The van der Waals surface area contributed by atoms with Crippen LogP contribution >= 0.6 is 0 Å². The molecule has 2 aromatic heterocycles. The van der Waals surface area contributed by atoms with E-state index in [2.05, 4.69) is 34.7 Å². The summed E-state index contributed by atoms with van der Waals surface area (Å²) in [5.41, 5.74) is 1.93. The fourth-order valence-corrected chi connectivity index (χ4v) is 6.02. The molecule has 2 aromatic carbocycles. The van der Waals surface area contributed by atoms with Gasteiger partial charge in [0.2, 0.25) is 0 Å². The van der Waals surface area contributed by atoms with E-state index >= 15 is 4.39 Å². The Morgan fingerprint density at radius 3 is 2.84 bits per heavy atom. The van der Waals surface area contributed by atoms with Gasteiger partial charge in [-0.15, -0.1) is 6.42 Å². The molecule has 0 bridgehead atoms. The van der Waals surface area contributed by atoms with Gasteiger partial charge in [-0.3, -0.25) is 4.98 Å². The number of aryl methyl sites for hydroxylation is 1. The SMILES string of the molecule is C#Cc1cccc2cc(O)cc(-c3ncc4c(C)nc(OCC5(CCCC)CCCCC5C)nc4c3F)c12. The monoisotopic (exact) mass is 511 g/mol. The predicted molar refractivity (Wildman–Crippen MR) is 150 cm³/mol. The van der Waals surface area contributed by atoms with E-state index in [1.807, 2.05) is 19.1 Å². The number of aromatic hydroxyl groups is 1. The van der Waals surface area contributed by atoms with E-state index in [1.54, 1.807) is 18.3 Å². The minimum Gasteiger partial charge on any atom is -0.508 e. The van der Waals surface area contributed by atoms with Gasteiger partial charge < -0.3 is 9.84 Å². The minimum absolute atomic E-state index is 0.00448. The third-order valence-corrected chi connectivity index (χ3v) is 8.35. The van der Waals surface area contributed by atoms with E-state index < -0.39 is 5.82 Å². The normalized spacial score (nSPS) is 19.5. The third kappa shape index (κ3) is 4.67. The number of hydrogen-bond acceptors (Lipinski definition) is 5. The molecule has 5 nitrogen and oxygen atoms in total. The lowest BCUT2D eigenvalue weighted by molar-refractivity contribution is 0.0293. The van der Waals surface area contributed by atoms with Crippen LogP contribution in [0.25, 0.3) is 32.9 Å². The van der Waals surface area contributed by atoms with E-state index in [0.29, 0.717) is 45.5 Å². The van der Waals surface area contributed by atoms with E-state index in [-0.39, 0.29) is 28.4 Å². The summed E-state index contributed by atoms with van der Waals surface area (Å²) >= 11 is 0. The largest absolute Gasteiger partial charge is 0.508 e. The van der Waals surface area contributed by atoms with Gasteiger partial charge in [-0.2, -0.15) is 9.97 Å². The number of nitrogens with zero attached hydrogens (tertiary/aromatic N) is 3. The number of terminal acetylenes is 1. The molecule has 4 aromatic rings. The number of pyridine rings is 1. The zero-order chi connectivity index (χ0) is 26.9. The standard InChI is InChI=1S/C32H34FN3O2/c1-5-7-14-32(15-9-8-11-20(32)3)19-38-31-35-21(4)26-18-34-29(28(33)30(26)36-31)25-17-24(37)16-23-13-10-12-22(6-2)27(23)25/h2,10,12-13,16-18,20,37H,5,7-9,11,14-15,19H2,1,3-4H3. The molecule has 5 rings (SSSR count). The molecule has 2 heterocycles. The van der Waals surface area contributed by atoms with Gasteiger partial charge in [0.15, 0.2) is 5.82 Å². The molecule has 2 atom stereocenters. The van der Waals surface area contributed by atoms with Gasteiger partial charge in [0.05, 0.1) is 12.3 Å². The summed E-state index contributed by atoms with van der Waals surface area (Å²) < 4.78 is 22.4. The van der Waals surface area contributed by atoms with Crippen LogP contribution in [0.2, 0.25) is 0 Å². The number of hydrogen-bond donors (Lipinski definition) is 1. The molecule has 196 valence electrons. The van der Waals surface area contributed by atoms with Crippen molar-refractivity contribution in [1.29, 1.82) is 0 Å². The molecule has 6 heteroatoms. The molecule has 38 heavy (non-hydrogen) atoms. The van der Waals surface area contributed by atoms with Gasteiger partial charge >= 0.3 is 6.01 Å². The summed E-state index contributed by atoms with van der Waals surface area (Å²) in [6.07, 6.45) is 15.5. The number of phenolic OH excluding ortho intramolecular Hbond substituents is 1. The van der Waals surface area contributed by atoms with Crippen LogP contribution < -0.4 is 4.74 Å². The van der Waals surface area contributed by atoms with Crippen molar-refractivity contribution in [2.45, 2.75) is 65.7 Å². The van der Waals surface area contributed by atoms with E-state index in [0.717, 1.165) is 25.7 Å². The third-order valence-electron chi connectivity index (χ3n) is 8.35. The van der Waals surface area contributed by atoms with Gasteiger partial charge in [0.25, 0.3) is 0 Å². The molecule has 0 saturated heterocycles. The summed E-state index contributed by atoms with van der Waals surface area (Å²) in [7, 11) is 0. The highest BCUT2D eigenvalue weighted by Gasteiger charge is 2.38. The predicted octanol–water partition coefficient (Wildman–Crippen LogP) is 7.74. The van der Waals surface area contributed by atoms with E-state index in [9.17, 15) is 5.11 Å². The lowest BCUT2D eigenvalue weighted by atomic mass is 9.65. The van der Waals surface area contributed by atoms with Crippen LogP contribution in [0.5, 0.6) is 11.8 Å². The first kappa shape index (κ1) is 25.9. The molecule has 1 N–H and O–H groups in total. The molecule has 0 aliphatic heterocycles. The molecule has 0 spiro atoms. The Labute approximate surface area is 223 Å². The fourth-order valence-electron chi connectivity index (χ4n) is 6.02. The average Bonchev–Trinajstić information content (AvgIpc) is 2.91. The Balaban J connectivity index is 1.57. The van der Waals surface area contributed by atoms with Crippen molar-refractivity contribution in [1.82, 2.24) is 15.0 Å². The molecule has 1 aliphatic rings. The van der Waals surface area contributed by atoms with Crippen molar-refractivity contribution < 1.29 is 14.2 Å². The first-order chi connectivity index (χ1) is 18.4. The Kier molecular flexibility index (Phi) is 7.21. The molecule has 2 unspecified atom stereocenters. The number of benzene rings is 2. The summed E-state index contributed by atoms with van der Waals surface area (Å²) in [5, 5.41) is 12.3. The number of halogens is 1. The van der Waals surface area contributed by atoms with Crippen molar-refractivity contribution in [2.75, 3.05) is 6.61 Å². The second-order valence-corrected chi connectivity index (χ2v) is 10.7. The zero-order valence-corrected chi connectivity index (χ0v) is 22.4. The van der Waals surface area contributed by atoms with Crippen molar-refractivity contribution >= 4 is 21.7 Å². The summed E-state index contributed by atoms with van der Waals surface area (Å²) in [6, 6.07) is 8.72. The minimum atomic E-state index is -0.594. The van der Waals surface area contributed by atoms with Gasteiger partial charge in [-0.25, -0.2) is 4.39 Å². The maximum Gasteiger partial charge on any atom is 0.317 e. The molecule has 0 amide bonds. The maximum atomic E-state index is 16.2. The lowest BCUT2D eigenvalue weighted by Crippen LogP contribution is -2.38. The van der Waals surface area contributed by atoms with Crippen molar-refractivity contribution in [3.05, 3.63) is 53.6 Å². The van der Waals surface area contributed by atoms with Gasteiger partial charge in [-0.05, 0) is 49.3 Å². The Hall–Kier alpha value is -3.72. The highest BCUT2D eigenvalue weighted by atomic mass is 19.1. The number of unbranched alkanes of at least 4 members (excludes halogenated alkanes) is 1. The number of phenols is 1. The van der Waals surface area contributed by atoms with E-state index in [4.69, 9.17) is 11.2 Å². The van der Waals surface area contributed by atoms with Gasteiger partial charge in [-0.1, -0.05) is 64.0 Å². The van der Waals surface area contributed by atoms with Crippen LogP contribution in [0.1, 0.15) is 70.1 Å². The highest BCUT2D eigenvalue weighted by molar-refractivity contribution is 6.02. The van der Waals surface area contributed by atoms with E-state index in [1.165, 1.54) is 25.3 Å². The van der Waals surface area contributed by atoms with Crippen LogP contribution in [0.15, 0.2) is 36.5 Å². The Morgan fingerprint density at radius 2 is 2.08 bits per heavy atom. The zero-order valence-electron chi connectivity index (χ0n) is 22.4. The van der Waals surface area contributed by atoms with Crippen molar-refractivity contribution in [2.24, 2.45) is 11.3 Å².